The van der Waals surface area contributed by atoms with Gasteiger partial charge in [-0.05, 0) is 60.0 Å². The minimum atomic E-state index is -0.221. The number of fused-ring (bicyclic) bond motifs is 1. The molecule has 3 aromatic rings. The molecule has 7 nitrogen and oxygen atoms in total. The number of amides is 3. The second-order valence-corrected chi connectivity index (χ2v) is 9.85. The molecule has 2 aliphatic rings. The number of anilines is 1. The Kier molecular flexibility index (Phi) is 6.90. The zero-order chi connectivity index (χ0) is 24.2. The lowest BCUT2D eigenvalue weighted by Gasteiger charge is -2.28. The number of thiophene rings is 1. The van der Waals surface area contributed by atoms with Crippen LogP contribution in [0.4, 0.5) is 10.5 Å². The maximum Gasteiger partial charge on any atom is 0.322 e. The second-order valence-electron chi connectivity index (χ2n) is 8.82. The number of para-hydroxylation sites is 1. The molecule has 0 unspecified atom stereocenters. The van der Waals surface area contributed by atoms with Gasteiger partial charge in [0.15, 0.2) is 11.5 Å². The van der Waals surface area contributed by atoms with Crippen LogP contribution in [0.5, 0.6) is 11.5 Å². The molecule has 1 aliphatic carbocycles. The Morgan fingerprint density at radius 2 is 1.86 bits per heavy atom. The van der Waals surface area contributed by atoms with Crippen LogP contribution in [0.1, 0.15) is 35.8 Å². The molecular weight excluding hydrogens is 462 g/mol. The number of carbonyl (C=O) groups is 2. The minimum Gasteiger partial charge on any atom is -0.454 e. The van der Waals surface area contributed by atoms with E-state index < -0.39 is 0 Å². The van der Waals surface area contributed by atoms with Crippen LogP contribution in [0, 0.1) is 0 Å². The summed E-state index contributed by atoms with van der Waals surface area (Å²) in [5, 5.41) is 5.05. The monoisotopic (exact) mass is 491 g/mol. The molecule has 1 fully saturated rings. The fourth-order valence-corrected chi connectivity index (χ4v) is 4.94. The third-order valence-corrected chi connectivity index (χ3v) is 7.15. The highest BCUT2D eigenvalue weighted by atomic mass is 32.1. The van der Waals surface area contributed by atoms with Gasteiger partial charge in [-0.2, -0.15) is 0 Å². The summed E-state index contributed by atoms with van der Waals surface area (Å²) in [6.45, 7) is 3.23. The molecular formula is C27H29N3O4S. The summed E-state index contributed by atoms with van der Waals surface area (Å²) in [6, 6.07) is 17.4. The Balaban J connectivity index is 1.32. The van der Waals surface area contributed by atoms with E-state index in [0.29, 0.717) is 24.6 Å². The summed E-state index contributed by atoms with van der Waals surface area (Å²) in [5.41, 5.74) is 2.83. The predicted molar refractivity (Wildman–Crippen MR) is 136 cm³/mol. The van der Waals surface area contributed by atoms with Crippen LogP contribution in [-0.4, -0.2) is 41.1 Å². The van der Waals surface area contributed by atoms with Gasteiger partial charge in [-0.1, -0.05) is 37.3 Å². The van der Waals surface area contributed by atoms with E-state index in [-0.39, 0.29) is 31.3 Å². The molecule has 182 valence electrons. The van der Waals surface area contributed by atoms with E-state index in [1.165, 1.54) is 0 Å². The number of carbonyl (C=O) groups excluding carboxylic acids is 2. The lowest BCUT2D eigenvalue weighted by Crippen LogP contribution is -2.45. The zero-order valence-corrected chi connectivity index (χ0v) is 20.6. The van der Waals surface area contributed by atoms with E-state index in [2.05, 4.69) is 12.2 Å². The SMILES string of the molecule is CCc1ccccc1NC(=O)N(CC(=O)N(Cc1ccc2c(c1)OCO2)Cc1cccs1)C1CC1. The first-order valence-electron chi connectivity index (χ1n) is 11.9. The molecule has 1 N–H and O–H groups in total. The highest BCUT2D eigenvalue weighted by molar-refractivity contribution is 7.09. The summed E-state index contributed by atoms with van der Waals surface area (Å²) in [4.78, 5) is 31.4. The highest BCUT2D eigenvalue weighted by Gasteiger charge is 2.35. The van der Waals surface area contributed by atoms with Gasteiger partial charge in [-0.25, -0.2) is 4.79 Å². The molecule has 1 saturated carbocycles. The summed E-state index contributed by atoms with van der Waals surface area (Å²) in [5.74, 6) is 1.33. The molecule has 0 spiro atoms. The van der Waals surface area contributed by atoms with Crippen molar-refractivity contribution in [1.82, 2.24) is 9.80 Å². The molecule has 0 atom stereocenters. The van der Waals surface area contributed by atoms with Gasteiger partial charge in [0.25, 0.3) is 0 Å². The topological polar surface area (TPSA) is 71.1 Å². The molecule has 0 saturated heterocycles. The van der Waals surface area contributed by atoms with Gasteiger partial charge in [0.1, 0.15) is 6.54 Å². The summed E-state index contributed by atoms with van der Waals surface area (Å²) in [7, 11) is 0. The molecule has 0 bridgehead atoms. The van der Waals surface area contributed by atoms with Crippen LogP contribution in [0.15, 0.2) is 60.0 Å². The normalized spacial score (nSPS) is 14.0. The fraction of sp³-hybridized carbons (Fsp3) is 0.333. The van der Waals surface area contributed by atoms with Crippen LogP contribution in [-0.2, 0) is 24.3 Å². The van der Waals surface area contributed by atoms with E-state index >= 15 is 0 Å². The molecule has 0 radical (unpaired) electrons. The number of hydrogen-bond acceptors (Lipinski definition) is 5. The first-order chi connectivity index (χ1) is 17.1. The Morgan fingerprint density at radius 1 is 1.03 bits per heavy atom. The van der Waals surface area contributed by atoms with Crippen molar-refractivity contribution in [2.45, 2.75) is 45.3 Å². The molecule has 2 heterocycles. The summed E-state index contributed by atoms with van der Waals surface area (Å²) >= 11 is 1.62. The first kappa shape index (κ1) is 23.2. The van der Waals surface area contributed by atoms with Gasteiger partial charge in [0, 0.05) is 23.2 Å². The standard InChI is InChI=1S/C27H29N3O4S/c1-2-20-6-3-4-8-23(20)28-27(32)30(21-10-11-21)17-26(31)29(16-22-7-5-13-35-22)15-19-9-12-24-25(14-19)34-18-33-24/h3-9,12-14,21H,2,10-11,15-18H2,1H3,(H,28,32). The number of urea groups is 1. The van der Waals surface area contributed by atoms with Gasteiger partial charge in [-0.15, -0.1) is 11.3 Å². The number of nitrogens with one attached hydrogen (secondary N) is 1. The molecule has 1 aromatic heterocycles. The van der Waals surface area contributed by atoms with Crippen molar-refractivity contribution < 1.29 is 19.1 Å². The van der Waals surface area contributed by atoms with E-state index in [1.807, 2.05) is 64.9 Å². The Labute approximate surface area is 209 Å². The Morgan fingerprint density at radius 3 is 2.63 bits per heavy atom. The molecule has 3 amide bonds. The lowest BCUT2D eigenvalue weighted by atomic mass is 10.1. The quantitative estimate of drug-likeness (QED) is 0.443. The Bertz CT molecular complexity index is 1190. The van der Waals surface area contributed by atoms with E-state index in [1.54, 1.807) is 16.2 Å². The van der Waals surface area contributed by atoms with Crippen molar-refractivity contribution in [2.24, 2.45) is 0 Å². The van der Waals surface area contributed by atoms with Gasteiger partial charge in [0.2, 0.25) is 12.7 Å². The third kappa shape index (κ3) is 5.59. The van der Waals surface area contributed by atoms with Crippen molar-refractivity contribution in [1.29, 1.82) is 0 Å². The third-order valence-electron chi connectivity index (χ3n) is 6.28. The largest absolute Gasteiger partial charge is 0.454 e. The predicted octanol–water partition coefficient (Wildman–Crippen LogP) is 5.26. The smallest absolute Gasteiger partial charge is 0.322 e. The average Bonchev–Trinajstić information content (AvgIpc) is 3.36. The van der Waals surface area contributed by atoms with Gasteiger partial charge in [-0.3, -0.25) is 4.79 Å². The molecule has 8 heteroatoms. The van der Waals surface area contributed by atoms with Crippen LogP contribution < -0.4 is 14.8 Å². The van der Waals surface area contributed by atoms with Crippen molar-refractivity contribution >= 4 is 29.0 Å². The van der Waals surface area contributed by atoms with Gasteiger partial charge >= 0.3 is 6.03 Å². The number of hydrogen-bond donors (Lipinski definition) is 1. The maximum absolute atomic E-state index is 13.6. The molecule has 5 rings (SSSR count). The number of benzene rings is 2. The lowest BCUT2D eigenvalue weighted by molar-refractivity contribution is -0.133. The molecule has 1 aliphatic heterocycles. The number of ether oxygens (including phenoxy) is 2. The van der Waals surface area contributed by atoms with Crippen LogP contribution in [0.25, 0.3) is 0 Å². The Hall–Kier alpha value is -3.52. The summed E-state index contributed by atoms with van der Waals surface area (Å²) < 4.78 is 10.9. The van der Waals surface area contributed by atoms with Crippen molar-refractivity contribution in [3.63, 3.8) is 0 Å². The number of aryl methyl sites for hydroxylation is 1. The van der Waals surface area contributed by atoms with Crippen molar-refractivity contribution in [3.05, 3.63) is 76.0 Å². The van der Waals surface area contributed by atoms with Crippen LogP contribution >= 0.6 is 11.3 Å². The van der Waals surface area contributed by atoms with E-state index in [9.17, 15) is 9.59 Å². The number of nitrogens with zero attached hydrogens (tertiary/aromatic N) is 2. The second kappa shape index (κ2) is 10.4. The van der Waals surface area contributed by atoms with Crippen LogP contribution in [0.2, 0.25) is 0 Å². The maximum atomic E-state index is 13.6. The van der Waals surface area contributed by atoms with Crippen LogP contribution in [0.3, 0.4) is 0 Å². The first-order valence-corrected chi connectivity index (χ1v) is 12.8. The summed E-state index contributed by atoms with van der Waals surface area (Å²) in [6.07, 6.45) is 2.66. The average molecular weight is 492 g/mol. The molecule has 35 heavy (non-hydrogen) atoms. The zero-order valence-electron chi connectivity index (χ0n) is 19.7. The highest BCUT2D eigenvalue weighted by Crippen LogP contribution is 2.33. The fourth-order valence-electron chi connectivity index (χ4n) is 4.22. The van der Waals surface area contributed by atoms with Crippen molar-refractivity contribution in [3.8, 4) is 11.5 Å². The van der Waals surface area contributed by atoms with Crippen molar-refractivity contribution in [2.75, 3.05) is 18.7 Å². The number of rotatable bonds is 9. The minimum absolute atomic E-state index is 0.0424. The van der Waals surface area contributed by atoms with Gasteiger partial charge < -0.3 is 24.6 Å². The van der Waals surface area contributed by atoms with Gasteiger partial charge in [0.05, 0.1) is 6.54 Å². The molecule has 2 aromatic carbocycles. The van der Waals surface area contributed by atoms with E-state index in [0.717, 1.165) is 41.0 Å². The van der Waals surface area contributed by atoms with E-state index in [4.69, 9.17) is 9.47 Å².